The van der Waals surface area contributed by atoms with E-state index in [9.17, 15) is 0 Å². The smallest absolute Gasteiger partial charge is 0.0262 e. The molecule has 0 rings (SSSR count). The predicted octanol–water partition coefficient (Wildman–Crippen LogP) is 3.40. The van der Waals surface area contributed by atoms with E-state index < -0.39 is 0 Å². The quantitative estimate of drug-likeness (QED) is 0.602. The van der Waals surface area contributed by atoms with Crippen molar-refractivity contribution >= 4 is 8.58 Å². The topological polar surface area (TPSA) is 3.24 Å². The summed E-state index contributed by atoms with van der Waals surface area (Å²) in [5.41, 5.74) is 0. The van der Waals surface area contributed by atoms with Crippen molar-refractivity contribution in [2.75, 3.05) is 19.8 Å². The van der Waals surface area contributed by atoms with Crippen molar-refractivity contribution in [3.8, 4) is 0 Å². The highest BCUT2D eigenvalue weighted by atomic mass is 31.1. The Balaban J connectivity index is 0. The van der Waals surface area contributed by atoms with Gasteiger partial charge in [-0.1, -0.05) is 34.6 Å². The molecule has 0 aromatic heterocycles. The summed E-state index contributed by atoms with van der Waals surface area (Å²) in [6.07, 6.45) is 1.30. The monoisotopic (exact) mass is 191 g/mol. The fraction of sp³-hybridized carbons (Fsp3) is 1.00. The van der Waals surface area contributed by atoms with Crippen LogP contribution in [0.15, 0.2) is 0 Å². The molecule has 0 fully saturated rings. The van der Waals surface area contributed by atoms with E-state index in [-0.39, 0.29) is 0 Å². The normalized spacial score (nSPS) is 13.2. The van der Waals surface area contributed by atoms with Crippen LogP contribution in [0, 0.1) is 0 Å². The summed E-state index contributed by atoms with van der Waals surface area (Å²) >= 11 is 0. The molecule has 0 aliphatic rings. The van der Waals surface area contributed by atoms with Crippen LogP contribution in [0.3, 0.4) is 0 Å². The zero-order chi connectivity index (χ0) is 9.98. The third-order valence-corrected chi connectivity index (χ3v) is 3.41. The molecule has 2 unspecified atom stereocenters. The van der Waals surface area contributed by atoms with Crippen LogP contribution >= 0.6 is 8.58 Å². The number of hydrogen-bond acceptors (Lipinski definition) is 1. The van der Waals surface area contributed by atoms with E-state index in [1.54, 1.807) is 0 Å². The van der Waals surface area contributed by atoms with Gasteiger partial charge in [-0.25, -0.2) is 0 Å². The first kappa shape index (κ1) is 14.9. The highest BCUT2D eigenvalue weighted by molar-refractivity contribution is 7.37. The zero-order valence-corrected chi connectivity index (χ0v) is 10.6. The average molecular weight is 191 g/mol. The molecule has 0 saturated carbocycles. The van der Waals surface area contributed by atoms with Crippen molar-refractivity contribution in [2.24, 2.45) is 0 Å². The lowest BCUT2D eigenvalue weighted by Crippen LogP contribution is -2.30. The lowest BCUT2D eigenvalue weighted by Gasteiger charge is -2.27. The molecule has 0 amide bonds. The maximum Gasteiger partial charge on any atom is 0.0262 e. The van der Waals surface area contributed by atoms with E-state index in [0.717, 1.165) is 14.4 Å². The van der Waals surface area contributed by atoms with Crippen LogP contribution in [-0.2, 0) is 0 Å². The third kappa shape index (κ3) is 5.97. The van der Waals surface area contributed by atoms with Crippen LogP contribution < -0.4 is 0 Å². The maximum atomic E-state index is 2.54. The van der Waals surface area contributed by atoms with Gasteiger partial charge in [-0.2, -0.15) is 0 Å². The zero-order valence-electron chi connectivity index (χ0n) is 9.65. The summed E-state index contributed by atoms with van der Waals surface area (Å²) < 4.78 is 0. The second-order valence-electron chi connectivity index (χ2n) is 2.43. The SMILES string of the molecule is CC.CCC(PC)N(CC)CC. The minimum absolute atomic E-state index is 0.843. The van der Waals surface area contributed by atoms with Gasteiger partial charge in [-0.15, -0.1) is 8.58 Å². The number of hydrogen-bond donors (Lipinski definition) is 0. The molecule has 0 aromatic rings. The molecule has 0 aliphatic heterocycles. The first-order chi connectivity index (χ1) is 5.79. The van der Waals surface area contributed by atoms with Gasteiger partial charge in [0.2, 0.25) is 0 Å². The molecular weight excluding hydrogens is 165 g/mol. The number of rotatable bonds is 5. The third-order valence-electron chi connectivity index (χ3n) is 1.97. The van der Waals surface area contributed by atoms with Crippen molar-refractivity contribution in [3.63, 3.8) is 0 Å². The predicted molar refractivity (Wildman–Crippen MR) is 62.6 cm³/mol. The largest absolute Gasteiger partial charge is 0.297 e. The van der Waals surface area contributed by atoms with E-state index >= 15 is 0 Å². The van der Waals surface area contributed by atoms with Crippen molar-refractivity contribution in [1.82, 2.24) is 4.90 Å². The Morgan fingerprint density at radius 2 is 1.50 bits per heavy atom. The molecule has 1 nitrogen and oxygen atoms in total. The molecule has 0 spiro atoms. The van der Waals surface area contributed by atoms with Crippen LogP contribution in [-0.4, -0.2) is 30.4 Å². The maximum absolute atomic E-state index is 2.54. The second-order valence-corrected chi connectivity index (χ2v) is 3.68. The Bertz CT molecular complexity index is 58.2. The standard InChI is InChI=1S/C8H20NP.C2H6/c1-5-8(10-4)9(6-2)7-3;1-2/h8,10H,5-7H2,1-4H3;1-2H3. The highest BCUT2D eigenvalue weighted by Crippen LogP contribution is 2.20. The lowest BCUT2D eigenvalue weighted by molar-refractivity contribution is 0.277. The summed E-state index contributed by atoms with van der Waals surface area (Å²) in [5.74, 6) is 0.843. The first-order valence-corrected chi connectivity index (χ1v) is 6.79. The van der Waals surface area contributed by atoms with Crippen molar-refractivity contribution in [2.45, 2.75) is 46.8 Å². The Labute approximate surface area is 80.7 Å². The van der Waals surface area contributed by atoms with Gasteiger partial charge in [0.05, 0.1) is 0 Å². The van der Waals surface area contributed by atoms with Gasteiger partial charge in [0, 0.05) is 5.78 Å². The second kappa shape index (κ2) is 11.4. The minimum atomic E-state index is 0.843. The first-order valence-electron chi connectivity index (χ1n) is 5.21. The van der Waals surface area contributed by atoms with E-state index in [1.807, 2.05) is 13.8 Å². The van der Waals surface area contributed by atoms with E-state index in [1.165, 1.54) is 19.5 Å². The van der Waals surface area contributed by atoms with Crippen molar-refractivity contribution < 1.29 is 0 Å². The molecule has 0 saturated heterocycles. The van der Waals surface area contributed by atoms with Crippen molar-refractivity contribution in [3.05, 3.63) is 0 Å². The summed E-state index contributed by atoms with van der Waals surface area (Å²) in [4.78, 5) is 2.54. The Kier molecular flexibility index (Phi) is 14.1. The van der Waals surface area contributed by atoms with Gasteiger partial charge in [0.25, 0.3) is 0 Å². The van der Waals surface area contributed by atoms with Crippen LogP contribution in [0.25, 0.3) is 0 Å². The Morgan fingerprint density at radius 1 is 1.08 bits per heavy atom. The highest BCUT2D eigenvalue weighted by Gasteiger charge is 2.09. The molecule has 0 aliphatic carbocycles. The van der Waals surface area contributed by atoms with E-state index in [2.05, 4.69) is 32.3 Å². The summed E-state index contributed by atoms with van der Waals surface area (Å²) in [5, 5.41) is 0. The number of nitrogens with zero attached hydrogens (tertiary/aromatic N) is 1. The van der Waals surface area contributed by atoms with Gasteiger partial charge < -0.3 is 0 Å². The van der Waals surface area contributed by atoms with Crippen LogP contribution in [0.1, 0.15) is 41.0 Å². The molecular formula is C10H26NP. The molecule has 2 heteroatoms. The molecule has 0 heterocycles. The van der Waals surface area contributed by atoms with Gasteiger partial charge in [-0.05, 0) is 26.2 Å². The molecule has 12 heavy (non-hydrogen) atoms. The molecule has 76 valence electrons. The fourth-order valence-electron chi connectivity index (χ4n) is 1.31. The lowest BCUT2D eigenvalue weighted by atomic mass is 10.4. The minimum Gasteiger partial charge on any atom is -0.297 e. The molecule has 0 N–H and O–H groups in total. The average Bonchev–Trinajstić information content (AvgIpc) is 2.17. The van der Waals surface area contributed by atoms with E-state index in [4.69, 9.17) is 0 Å². The molecule has 0 bridgehead atoms. The van der Waals surface area contributed by atoms with Crippen molar-refractivity contribution in [1.29, 1.82) is 0 Å². The summed E-state index contributed by atoms with van der Waals surface area (Å²) in [6.45, 7) is 15.5. The van der Waals surface area contributed by atoms with Gasteiger partial charge >= 0.3 is 0 Å². The summed E-state index contributed by atoms with van der Waals surface area (Å²) in [6, 6.07) is 0. The Morgan fingerprint density at radius 3 is 1.58 bits per heavy atom. The summed E-state index contributed by atoms with van der Waals surface area (Å²) in [7, 11) is 1.07. The molecule has 2 atom stereocenters. The van der Waals surface area contributed by atoms with E-state index in [0.29, 0.717) is 0 Å². The van der Waals surface area contributed by atoms with Crippen LogP contribution in [0.4, 0.5) is 0 Å². The Hall–Kier alpha value is 0.390. The van der Waals surface area contributed by atoms with Crippen LogP contribution in [0.5, 0.6) is 0 Å². The van der Waals surface area contributed by atoms with Crippen LogP contribution in [0.2, 0.25) is 0 Å². The molecule has 0 aromatic carbocycles. The molecule has 0 radical (unpaired) electrons. The van der Waals surface area contributed by atoms with Gasteiger partial charge in [0.15, 0.2) is 0 Å². The fourth-order valence-corrected chi connectivity index (χ4v) is 2.45. The van der Waals surface area contributed by atoms with Gasteiger partial charge in [-0.3, -0.25) is 4.90 Å². The van der Waals surface area contributed by atoms with Gasteiger partial charge in [0.1, 0.15) is 0 Å².